The van der Waals surface area contributed by atoms with Gasteiger partial charge in [0, 0.05) is 19.1 Å². The predicted octanol–water partition coefficient (Wildman–Crippen LogP) is 0.960. The van der Waals surface area contributed by atoms with Crippen LogP contribution in [0.15, 0.2) is 0 Å². The summed E-state index contributed by atoms with van der Waals surface area (Å²) >= 11 is 0. The van der Waals surface area contributed by atoms with Gasteiger partial charge in [0.05, 0.1) is 6.61 Å². The molecule has 0 aromatic carbocycles. The van der Waals surface area contributed by atoms with Crippen LogP contribution in [0.5, 0.6) is 0 Å². The number of ether oxygens (including phenoxy) is 1. The van der Waals surface area contributed by atoms with E-state index in [0.717, 1.165) is 6.54 Å². The Kier molecular flexibility index (Phi) is 3.26. The Bertz CT molecular complexity index is 244. The van der Waals surface area contributed by atoms with Crippen molar-refractivity contribution in [3.8, 4) is 0 Å². The second kappa shape index (κ2) is 4.49. The smallest absolute Gasteiger partial charge is 0.334 e. The number of hydrogen-bond acceptors (Lipinski definition) is 3. The standard InChI is InChI=1S/C11H19NO3/c1-8-3-2-4-9(8)12-5-6-15-10(7-12)11(13)14/h8-10H,2-7H2,1H3,(H,13,14). The van der Waals surface area contributed by atoms with Crippen LogP contribution in [0.3, 0.4) is 0 Å². The zero-order valence-electron chi connectivity index (χ0n) is 9.19. The topological polar surface area (TPSA) is 49.8 Å². The van der Waals surface area contributed by atoms with Crippen LogP contribution < -0.4 is 0 Å². The molecule has 3 unspecified atom stereocenters. The molecule has 1 aliphatic carbocycles. The largest absolute Gasteiger partial charge is 0.479 e. The Morgan fingerprint density at radius 3 is 2.87 bits per heavy atom. The summed E-state index contributed by atoms with van der Waals surface area (Å²) in [5.74, 6) is -0.122. The highest BCUT2D eigenvalue weighted by Crippen LogP contribution is 2.30. The van der Waals surface area contributed by atoms with Crippen molar-refractivity contribution in [1.82, 2.24) is 4.90 Å². The SMILES string of the molecule is CC1CCCC1N1CCOC(C(=O)O)C1. The summed E-state index contributed by atoms with van der Waals surface area (Å²) in [7, 11) is 0. The van der Waals surface area contributed by atoms with Gasteiger partial charge >= 0.3 is 5.97 Å². The molecule has 1 N–H and O–H groups in total. The number of aliphatic carboxylic acids is 1. The number of nitrogens with zero attached hydrogens (tertiary/aromatic N) is 1. The Balaban J connectivity index is 1.94. The molecule has 0 spiro atoms. The first-order valence-electron chi connectivity index (χ1n) is 5.77. The third kappa shape index (κ3) is 2.32. The molecule has 1 heterocycles. The zero-order valence-corrected chi connectivity index (χ0v) is 9.19. The van der Waals surface area contributed by atoms with Crippen LogP contribution in [0.1, 0.15) is 26.2 Å². The van der Waals surface area contributed by atoms with E-state index in [2.05, 4.69) is 11.8 Å². The lowest BCUT2D eigenvalue weighted by atomic mass is 10.0. The second-order valence-electron chi connectivity index (χ2n) is 4.67. The molecule has 15 heavy (non-hydrogen) atoms. The zero-order chi connectivity index (χ0) is 10.8. The molecule has 86 valence electrons. The van der Waals surface area contributed by atoms with Crippen molar-refractivity contribution >= 4 is 5.97 Å². The molecule has 0 amide bonds. The lowest BCUT2D eigenvalue weighted by Crippen LogP contribution is -2.50. The monoisotopic (exact) mass is 213 g/mol. The normalized spacial score (nSPS) is 38.1. The highest BCUT2D eigenvalue weighted by Gasteiger charge is 2.34. The van der Waals surface area contributed by atoms with Gasteiger partial charge in [0.2, 0.25) is 0 Å². The molecule has 0 radical (unpaired) electrons. The van der Waals surface area contributed by atoms with Crippen molar-refractivity contribution in [2.24, 2.45) is 5.92 Å². The molecule has 2 fully saturated rings. The first-order chi connectivity index (χ1) is 7.18. The first-order valence-corrected chi connectivity index (χ1v) is 5.77. The average Bonchev–Trinajstić information content (AvgIpc) is 2.64. The number of carboxylic acids is 1. The minimum atomic E-state index is -0.828. The fraction of sp³-hybridized carbons (Fsp3) is 0.909. The van der Waals surface area contributed by atoms with Crippen molar-refractivity contribution < 1.29 is 14.6 Å². The third-order valence-corrected chi connectivity index (χ3v) is 3.66. The van der Waals surface area contributed by atoms with E-state index in [4.69, 9.17) is 9.84 Å². The van der Waals surface area contributed by atoms with Gasteiger partial charge in [0.1, 0.15) is 0 Å². The Labute approximate surface area is 90.2 Å². The van der Waals surface area contributed by atoms with Gasteiger partial charge in [0.25, 0.3) is 0 Å². The molecule has 0 aromatic rings. The average molecular weight is 213 g/mol. The van der Waals surface area contributed by atoms with Crippen LogP contribution in [0.25, 0.3) is 0 Å². The van der Waals surface area contributed by atoms with Gasteiger partial charge in [-0.25, -0.2) is 4.79 Å². The third-order valence-electron chi connectivity index (χ3n) is 3.66. The van der Waals surface area contributed by atoms with E-state index in [-0.39, 0.29) is 0 Å². The van der Waals surface area contributed by atoms with Gasteiger partial charge in [-0.3, -0.25) is 4.90 Å². The van der Waals surface area contributed by atoms with Crippen LogP contribution in [0, 0.1) is 5.92 Å². The highest BCUT2D eigenvalue weighted by atomic mass is 16.5. The van der Waals surface area contributed by atoms with E-state index in [1.165, 1.54) is 19.3 Å². The van der Waals surface area contributed by atoms with Crippen molar-refractivity contribution in [2.75, 3.05) is 19.7 Å². The number of carboxylic acid groups (broad SMARTS) is 1. The van der Waals surface area contributed by atoms with Crippen molar-refractivity contribution in [3.05, 3.63) is 0 Å². The van der Waals surface area contributed by atoms with Gasteiger partial charge in [0.15, 0.2) is 6.10 Å². The Morgan fingerprint density at radius 2 is 2.27 bits per heavy atom. The minimum Gasteiger partial charge on any atom is -0.479 e. The van der Waals surface area contributed by atoms with Gasteiger partial charge in [-0.05, 0) is 18.8 Å². The predicted molar refractivity (Wildman–Crippen MR) is 55.8 cm³/mol. The molecule has 4 heteroatoms. The Hall–Kier alpha value is -0.610. The lowest BCUT2D eigenvalue weighted by Gasteiger charge is -2.37. The van der Waals surface area contributed by atoms with Crippen LogP contribution in [0.4, 0.5) is 0 Å². The van der Waals surface area contributed by atoms with Gasteiger partial charge in [-0.15, -0.1) is 0 Å². The summed E-state index contributed by atoms with van der Waals surface area (Å²) in [6, 6.07) is 0.579. The fourth-order valence-electron chi connectivity index (χ4n) is 2.79. The second-order valence-corrected chi connectivity index (χ2v) is 4.67. The van der Waals surface area contributed by atoms with E-state index < -0.39 is 12.1 Å². The summed E-state index contributed by atoms with van der Waals surface area (Å²) in [5.41, 5.74) is 0. The number of morpholine rings is 1. The van der Waals surface area contributed by atoms with Crippen LogP contribution in [-0.2, 0) is 9.53 Å². The maximum absolute atomic E-state index is 10.8. The highest BCUT2D eigenvalue weighted by molar-refractivity contribution is 5.72. The molecule has 0 aromatic heterocycles. The van der Waals surface area contributed by atoms with Gasteiger partial charge in [-0.1, -0.05) is 13.3 Å². The first kappa shape index (κ1) is 10.9. The molecule has 0 bridgehead atoms. The number of rotatable bonds is 2. The molecular weight excluding hydrogens is 194 g/mol. The van der Waals surface area contributed by atoms with E-state index in [9.17, 15) is 4.79 Å². The summed E-state index contributed by atoms with van der Waals surface area (Å²) in [6.45, 7) is 4.27. The van der Waals surface area contributed by atoms with Crippen LogP contribution >= 0.6 is 0 Å². The Morgan fingerprint density at radius 1 is 1.47 bits per heavy atom. The summed E-state index contributed by atoms with van der Waals surface area (Å²) in [5, 5.41) is 8.91. The summed E-state index contributed by atoms with van der Waals surface area (Å²) in [6.07, 6.45) is 3.15. The molecule has 3 atom stereocenters. The van der Waals surface area contributed by atoms with Gasteiger partial charge < -0.3 is 9.84 Å². The summed E-state index contributed by atoms with van der Waals surface area (Å²) in [4.78, 5) is 13.2. The number of hydrogen-bond donors (Lipinski definition) is 1. The molecule has 4 nitrogen and oxygen atoms in total. The van der Waals surface area contributed by atoms with Crippen LogP contribution in [0.2, 0.25) is 0 Å². The molecule has 1 aliphatic heterocycles. The molecule has 2 aliphatic rings. The van der Waals surface area contributed by atoms with Crippen molar-refractivity contribution in [1.29, 1.82) is 0 Å². The number of carbonyl (C=O) groups is 1. The van der Waals surface area contributed by atoms with Crippen molar-refractivity contribution in [3.63, 3.8) is 0 Å². The van der Waals surface area contributed by atoms with Gasteiger partial charge in [-0.2, -0.15) is 0 Å². The van der Waals surface area contributed by atoms with E-state index in [0.29, 0.717) is 25.1 Å². The quantitative estimate of drug-likeness (QED) is 0.742. The molecule has 1 saturated heterocycles. The minimum absolute atomic E-state index is 0.556. The lowest BCUT2D eigenvalue weighted by molar-refractivity contribution is -0.157. The molecule has 1 saturated carbocycles. The maximum Gasteiger partial charge on any atom is 0.334 e. The van der Waals surface area contributed by atoms with E-state index in [1.807, 2.05) is 0 Å². The van der Waals surface area contributed by atoms with E-state index >= 15 is 0 Å². The summed E-state index contributed by atoms with van der Waals surface area (Å²) < 4.78 is 5.22. The fourth-order valence-corrected chi connectivity index (χ4v) is 2.79. The van der Waals surface area contributed by atoms with E-state index in [1.54, 1.807) is 0 Å². The molecule has 2 rings (SSSR count). The molecular formula is C11H19NO3. The maximum atomic E-state index is 10.8. The van der Waals surface area contributed by atoms with Crippen LogP contribution in [-0.4, -0.2) is 47.8 Å². The van der Waals surface area contributed by atoms with Crippen molar-refractivity contribution in [2.45, 2.75) is 38.3 Å².